The molecule has 0 aliphatic rings. The lowest BCUT2D eigenvalue weighted by atomic mass is 10.1. The minimum absolute atomic E-state index is 0.196. The van der Waals surface area contributed by atoms with Crippen LogP contribution >= 0.6 is 0 Å². The largest absolute Gasteiger partial charge is 0.378 e. The summed E-state index contributed by atoms with van der Waals surface area (Å²) in [7, 11) is 0. The molecule has 3 nitrogen and oxygen atoms in total. The molecule has 0 saturated heterocycles. The van der Waals surface area contributed by atoms with Crippen molar-refractivity contribution >= 4 is 5.69 Å². The number of benzene rings is 1. The van der Waals surface area contributed by atoms with Crippen LogP contribution in [0, 0.1) is 31.3 Å². The van der Waals surface area contributed by atoms with Gasteiger partial charge in [0.1, 0.15) is 0 Å². The SMILES string of the molecule is CCn1nc(C)c(C(C)Nc2cc(F)c(F)c(F)c2)c1C. The molecule has 6 heteroatoms. The van der Waals surface area contributed by atoms with Gasteiger partial charge in [0.15, 0.2) is 17.5 Å². The molecule has 1 aromatic carbocycles. The Morgan fingerprint density at radius 2 is 1.76 bits per heavy atom. The summed E-state index contributed by atoms with van der Waals surface area (Å²) in [4.78, 5) is 0. The maximum Gasteiger partial charge on any atom is 0.194 e. The molecule has 0 spiro atoms. The van der Waals surface area contributed by atoms with E-state index >= 15 is 0 Å². The number of rotatable bonds is 4. The van der Waals surface area contributed by atoms with E-state index in [4.69, 9.17) is 0 Å². The van der Waals surface area contributed by atoms with Crippen molar-refractivity contribution in [2.24, 2.45) is 0 Å². The first kappa shape index (κ1) is 15.4. The average molecular weight is 297 g/mol. The van der Waals surface area contributed by atoms with E-state index in [-0.39, 0.29) is 11.7 Å². The number of halogens is 3. The van der Waals surface area contributed by atoms with Crippen molar-refractivity contribution in [1.29, 1.82) is 0 Å². The second kappa shape index (κ2) is 5.79. The number of aryl methyl sites for hydroxylation is 2. The van der Waals surface area contributed by atoms with Gasteiger partial charge in [-0.3, -0.25) is 4.68 Å². The molecule has 0 radical (unpaired) electrons. The van der Waals surface area contributed by atoms with Crippen molar-refractivity contribution in [2.75, 3.05) is 5.32 Å². The molecule has 1 unspecified atom stereocenters. The lowest BCUT2D eigenvalue weighted by Crippen LogP contribution is -2.10. The van der Waals surface area contributed by atoms with Crippen LogP contribution in [0.2, 0.25) is 0 Å². The van der Waals surface area contributed by atoms with Crippen LogP contribution in [0.1, 0.15) is 36.8 Å². The predicted octanol–water partition coefficient (Wildman–Crippen LogP) is 4.11. The number of aromatic nitrogens is 2. The third kappa shape index (κ3) is 2.89. The first-order chi connectivity index (χ1) is 9.85. The van der Waals surface area contributed by atoms with Gasteiger partial charge in [0, 0.05) is 35.6 Å². The Kier molecular flexibility index (Phi) is 4.25. The molecule has 2 aromatic rings. The molecule has 114 valence electrons. The fraction of sp³-hybridized carbons (Fsp3) is 0.400. The Bertz CT molecular complexity index is 641. The number of nitrogens with one attached hydrogen (secondary N) is 1. The summed E-state index contributed by atoms with van der Waals surface area (Å²) >= 11 is 0. The maximum atomic E-state index is 13.2. The van der Waals surface area contributed by atoms with Crippen molar-refractivity contribution in [2.45, 2.75) is 40.3 Å². The molecule has 1 atom stereocenters. The summed E-state index contributed by atoms with van der Waals surface area (Å²) in [5.41, 5.74) is 3.03. The van der Waals surface area contributed by atoms with Crippen LogP contribution in [0.4, 0.5) is 18.9 Å². The average Bonchev–Trinajstić information content (AvgIpc) is 2.70. The Morgan fingerprint density at radius 3 is 2.24 bits per heavy atom. The summed E-state index contributed by atoms with van der Waals surface area (Å²) in [5.74, 6) is -3.87. The van der Waals surface area contributed by atoms with Gasteiger partial charge >= 0.3 is 0 Å². The van der Waals surface area contributed by atoms with Crippen LogP contribution in [0.5, 0.6) is 0 Å². The summed E-state index contributed by atoms with van der Waals surface area (Å²) in [5, 5.41) is 7.40. The summed E-state index contributed by atoms with van der Waals surface area (Å²) in [6, 6.07) is 1.70. The van der Waals surface area contributed by atoms with E-state index in [2.05, 4.69) is 10.4 Å². The van der Waals surface area contributed by atoms with E-state index < -0.39 is 17.5 Å². The van der Waals surface area contributed by atoms with Gasteiger partial charge in [0.25, 0.3) is 0 Å². The Labute approximate surface area is 121 Å². The second-order valence-corrected chi connectivity index (χ2v) is 5.02. The van der Waals surface area contributed by atoms with Crippen LogP contribution in [0.15, 0.2) is 12.1 Å². The fourth-order valence-corrected chi connectivity index (χ4v) is 2.61. The molecule has 21 heavy (non-hydrogen) atoms. The highest BCUT2D eigenvalue weighted by molar-refractivity contribution is 5.47. The highest BCUT2D eigenvalue weighted by Crippen LogP contribution is 2.26. The third-order valence-corrected chi connectivity index (χ3v) is 3.54. The normalized spacial score (nSPS) is 12.5. The zero-order valence-electron chi connectivity index (χ0n) is 12.5. The topological polar surface area (TPSA) is 29.9 Å². The zero-order valence-corrected chi connectivity index (χ0v) is 12.5. The molecule has 0 saturated carbocycles. The quantitative estimate of drug-likeness (QED) is 0.861. The van der Waals surface area contributed by atoms with Crippen LogP contribution < -0.4 is 5.32 Å². The van der Waals surface area contributed by atoms with Gasteiger partial charge in [-0.05, 0) is 27.7 Å². The Balaban J connectivity index is 2.30. The van der Waals surface area contributed by atoms with Crippen LogP contribution in [-0.2, 0) is 6.54 Å². The van der Waals surface area contributed by atoms with Gasteiger partial charge in [-0.15, -0.1) is 0 Å². The first-order valence-electron chi connectivity index (χ1n) is 6.80. The van der Waals surface area contributed by atoms with Gasteiger partial charge in [0.05, 0.1) is 11.7 Å². The van der Waals surface area contributed by atoms with Crippen molar-refractivity contribution in [1.82, 2.24) is 9.78 Å². The van der Waals surface area contributed by atoms with Crippen molar-refractivity contribution in [3.05, 3.63) is 46.5 Å². The molecular weight excluding hydrogens is 279 g/mol. The molecule has 1 aromatic heterocycles. The van der Waals surface area contributed by atoms with E-state index in [9.17, 15) is 13.2 Å². The molecule has 1 N–H and O–H groups in total. The van der Waals surface area contributed by atoms with Crippen LogP contribution in [0.3, 0.4) is 0 Å². The van der Waals surface area contributed by atoms with Gasteiger partial charge in [-0.25, -0.2) is 13.2 Å². The van der Waals surface area contributed by atoms with Gasteiger partial charge in [-0.2, -0.15) is 5.10 Å². The zero-order chi connectivity index (χ0) is 15.7. The number of hydrogen-bond acceptors (Lipinski definition) is 2. The standard InChI is InChI=1S/C15H18F3N3/c1-5-21-10(4)14(9(3)20-21)8(2)19-11-6-12(16)15(18)13(17)7-11/h6-8,19H,5H2,1-4H3. The van der Waals surface area contributed by atoms with Crippen LogP contribution in [-0.4, -0.2) is 9.78 Å². The number of anilines is 1. The van der Waals surface area contributed by atoms with E-state index in [0.717, 1.165) is 35.6 Å². The molecule has 0 bridgehead atoms. The summed E-state index contributed by atoms with van der Waals surface area (Å²) < 4.78 is 41.3. The van der Waals surface area contributed by atoms with E-state index in [1.54, 1.807) is 0 Å². The number of nitrogens with zero attached hydrogens (tertiary/aromatic N) is 2. The van der Waals surface area contributed by atoms with Crippen LogP contribution in [0.25, 0.3) is 0 Å². The van der Waals surface area contributed by atoms with Crippen molar-refractivity contribution in [3.63, 3.8) is 0 Å². The van der Waals surface area contributed by atoms with E-state index in [1.165, 1.54) is 0 Å². The van der Waals surface area contributed by atoms with E-state index in [0.29, 0.717) is 0 Å². The third-order valence-electron chi connectivity index (χ3n) is 3.54. The summed E-state index contributed by atoms with van der Waals surface area (Å²) in [6.07, 6.45) is 0. The van der Waals surface area contributed by atoms with Gasteiger partial charge < -0.3 is 5.32 Å². The first-order valence-corrected chi connectivity index (χ1v) is 6.80. The molecule has 1 heterocycles. The molecule has 2 rings (SSSR count). The molecule has 0 fully saturated rings. The smallest absolute Gasteiger partial charge is 0.194 e. The molecule has 0 amide bonds. The minimum Gasteiger partial charge on any atom is -0.378 e. The van der Waals surface area contributed by atoms with Crippen molar-refractivity contribution < 1.29 is 13.2 Å². The highest BCUT2D eigenvalue weighted by Gasteiger charge is 2.18. The lowest BCUT2D eigenvalue weighted by Gasteiger charge is -2.16. The monoisotopic (exact) mass is 297 g/mol. The predicted molar refractivity (Wildman–Crippen MR) is 75.7 cm³/mol. The maximum absolute atomic E-state index is 13.2. The fourth-order valence-electron chi connectivity index (χ4n) is 2.61. The molecule has 0 aliphatic heterocycles. The van der Waals surface area contributed by atoms with Crippen molar-refractivity contribution in [3.8, 4) is 0 Å². The van der Waals surface area contributed by atoms with Gasteiger partial charge in [-0.1, -0.05) is 0 Å². The minimum atomic E-state index is -1.46. The Morgan fingerprint density at radius 1 is 1.19 bits per heavy atom. The molecule has 0 aliphatic carbocycles. The highest BCUT2D eigenvalue weighted by atomic mass is 19.2. The Hall–Kier alpha value is -1.98. The van der Waals surface area contributed by atoms with Gasteiger partial charge in [0.2, 0.25) is 0 Å². The molecular formula is C15H18F3N3. The van der Waals surface area contributed by atoms with E-state index in [1.807, 2.05) is 32.4 Å². The number of hydrogen-bond donors (Lipinski definition) is 1. The lowest BCUT2D eigenvalue weighted by molar-refractivity contribution is 0.447. The second-order valence-electron chi connectivity index (χ2n) is 5.02. The summed E-state index contributed by atoms with van der Waals surface area (Å²) in [6.45, 7) is 8.45.